The monoisotopic (exact) mass is 256 g/mol. The van der Waals surface area contributed by atoms with E-state index in [4.69, 9.17) is 5.73 Å². The van der Waals surface area contributed by atoms with E-state index in [9.17, 15) is 0 Å². The molecule has 1 rings (SSSR count). The summed E-state index contributed by atoms with van der Waals surface area (Å²) in [6.07, 6.45) is 5.03. The first-order valence-electron chi connectivity index (χ1n) is 5.90. The molecule has 4 heteroatoms. The van der Waals surface area contributed by atoms with Gasteiger partial charge in [-0.25, -0.2) is 0 Å². The number of allylic oxidation sites excluding steroid dienone is 2. The highest BCUT2D eigenvalue weighted by Crippen LogP contribution is 2.15. The number of nitrogens with zero attached hydrogens (tertiary/aromatic N) is 2. The highest BCUT2D eigenvalue weighted by molar-refractivity contribution is 6.00. The van der Waals surface area contributed by atoms with E-state index in [1.807, 2.05) is 43.3 Å². The fraction of sp³-hybridized carbons (Fsp3) is 0.133. The minimum Gasteiger partial charge on any atom is -0.382 e. The molecule has 19 heavy (non-hydrogen) atoms. The summed E-state index contributed by atoms with van der Waals surface area (Å²) in [5.74, 6) is 0.367. The predicted molar refractivity (Wildman–Crippen MR) is 84.5 cm³/mol. The second-order valence-electron chi connectivity index (χ2n) is 4.11. The van der Waals surface area contributed by atoms with Gasteiger partial charge in [-0.2, -0.15) is 5.10 Å². The maximum Gasteiger partial charge on any atom is 0.150 e. The van der Waals surface area contributed by atoms with Crippen molar-refractivity contribution in [2.24, 2.45) is 10.8 Å². The van der Waals surface area contributed by atoms with Crippen LogP contribution in [0.1, 0.15) is 0 Å². The topological polar surface area (TPSA) is 53.6 Å². The van der Waals surface area contributed by atoms with E-state index in [1.54, 1.807) is 18.2 Å². The summed E-state index contributed by atoms with van der Waals surface area (Å²) in [6.45, 7) is 7.29. The first-order valence-corrected chi connectivity index (χ1v) is 5.90. The fourth-order valence-corrected chi connectivity index (χ4v) is 1.41. The molecule has 0 atom stereocenters. The van der Waals surface area contributed by atoms with E-state index in [1.165, 1.54) is 0 Å². The van der Waals surface area contributed by atoms with Crippen LogP contribution < -0.4 is 16.1 Å². The van der Waals surface area contributed by atoms with E-state index >= 15 is 0 Å². The summed E-state index contributed by atoms with van der Waals surface area (Å²) in [5.41, 5.74) is 11.5. The number of anilines is 2. The Morgan fingerprint density at radius 3 is 2.37 bits per heavy atom. The summed E-state index contributed by atoms with van der Waals surface area (Å²) in [4.78, 5) is 2.03. The number of nitrogens with one attached hydrogen (secondary N) is 1. The quantitative estimate of drug-likeness (QED) is 0.356. The Kier molecular flexibility index (Phi) is 5.41. The van der Waals surface area contributed by atoms with Crippen molar-refractivity contribution in [3.8, 4) is 0 Å². The lowest BCUT2D eigenvalue weighted by molar-refractivity contribution is 1.13. The summed E-state index contributed by atoms with van der Waals surface area (Å²) < 4.78 is 0. The molecule has 0 heterocycles. The van der Waals surface area contributed by atoms with Crippen LogP contribution in [0.2, 0.25) is 0 Å². The van der Waals surface area contributed by atoms with Crippen molar-refractivity contribution in [1.82, 2.24) is 0 Å². The molecule has 0 saturated carbocycles. The summed E-state index contributed by atoms with van der Waals surface area (Å²) in [6, 6.07) is 7.89. The lowest BCUT2D eigenvalue weighted by Crippen LogP contribution is -2.15. The number of amidine groups is 1. The van der Waals surface area contributed by atoms with Crippen LogP contribution in [0.4, 0.5) is 11.4 Å². The number of rotatable bonds is 6. The SMILES string of the molecule is C=C/C=C(C=C)\C(N)=N/Nc1ccc(N(C)C)cc1. The summed E-state index contributed by atoms with van der Waals surface area (Å²) in [5, 5.41) is 4.10. The van der Waals surface area contributed by atoms with Crippen LogP contribution in [0.25, 0.3) is 0 Å². The zero-order valence-electron chi connectivity index (χ0n) is 11.4. The van der Waals surface area contributed by atoms with Gasteiger partial charge in [0.15, 0.2) is 5.84 Å². The summed E-state index contributed by atoms with van der Waals surface area (Å²) in [7, 11) is 3.99. The molecule has 0 aliphatic heterocycles. The Hall–Kier alpha value is -2.49. The lowest BCUT2D eigenvalue weighted by atomic mass is 10.2. The normalized spacial score (nSPS) is 11.9. The van der Waals surface area contributed by atoms with Crippen LogP contribution in [0.5, 0.6) is 0 Å². The summed E-state index contributed by atoms with van der Waals surface area (Å²) >= 11 is 0. The molecule has 1 aromatic carbocycles. The second kappa shape index (κ2) is 7.06. The van der Waals surface area contributed by atoms with Gasteiger partial charge in [0.2, 0.25) is 0 Å². The van der Waals surface area contributed by atoms with Crippen molar-refractivity contribution in [1.29, 1.82) is 0 Å². The van der Waals surface area contributed by atoms with Crippen LogP contribution in [0.15, 0.2) is 66.3 Å². The molecule has 4 nitrogen and oxygen atoms in total. The molecule has 1 aromatic rings. The van der Waals surface area contributed by atoms with Gasteiger partial charge in [0.05, 0.1) is 5.69 Å². The lowest BCUT2D eigenvalue weighted by Gasteiger charge is -2.12. The van der Waals surface area contributed by atoms with Crippen LogP contribution in [-0.4, -0.2) is 19.9 Å². The highest BCUT2D eigenvalue weighted by Gasteiger charge is 1.98. The van der Waals surface area contributed by atoms with Gasteiger partial charge in [0, 0.05) is 25.4 Å². The molecule has 100 valence electrons. The number of nitrogens with two attached hydrogens (primary N) is 1. The third-order valence-corrected chi connectivity index (χ3v) is 2.50. The van der Waals surface area contributed by atoms with Gasteiger partial charge in [-0.15, -0.1) is 0 Å². The molecule has 0 radical (unpaired) electrons. The van der Waals surface area contributed by atoms with Gasteiger partial charge in [-0.3, -0.25) is 5.43 Å². The van der Waals surface area contributed by atoms with Gasteiger partial charge in [-0.1, -0.05) is 31.4 Å². The van der Waals surface area contributed by atoms with Crippen molar-refractivity contribution in [3.05, 3.63) is 61.2 Å². The molecule has 0 spiro atoms. The molecule has 0 bridgehead atoms. The van der Waals surface area contributed by atoms with Crippen LogP contribution >= 0.6 is 0 Å². The Morgan fingerprint density at radius 1 is 1.26 bits per heavy atom. The Bertz CT molecular complexity index is 495. The largest absolute Gasteiger partial charge is 0.382 e. The number of hydrogen-bond acceptors (Lipinski definition) is 3. The van der Waals surface area contributed by atoms with Crippen molar-refractivity contribution in [2.75, 3.05) is 24.4 Å². The molecule has 0 aliphatic carbocycles. The van der Waals surface area contributed by atoms with Gasteiger partial charge < -0.3 is 10.6 Å². The number of benzene rings is 1. The minimum absolute atomic E-state index is 0.367. The molecule has 0 aromatic heterocycles. The Balaban J connectivity index is 2.77. The molecular formula is C15H20N4. The van der Waals surface area contributed by atoms with E-state index < -0.39 is 0 Å². The van der Waals surface area contributed by atoms with E-state index in [0.717, 1.165) is 16.9 Å². The van der Waals surface area contributed by atoms with Crippen LogP contribution in [0, 0.1) is 0 Å². The van der Waals surface area contributed by atoms with E-state index in [0.29, 0.717) is 5.84 Å². The number of hydrogen-bond donors (Lipinski definition) is 2. The fourth-order valence-electron chi connectivity index (χ4n) is 1.41. The van der Waals surface area contributed by atoms with E-state index in [-0.39, 0.29) is 0 Å². The third kappa shape index (κ3) is 4.35. The van der Waals surface area contributed by atoms with Gasteiger partial charge in [0.25, 0.3) is 0 Å². The molecule has 0 unspecified atom stereocenters. The van der Waals surface area contributed by atoms with Crippen molar-refractivity contribution in [2.45, 2.75) is 0 Å². The molecule has 0 saturated heterocycles. The van der Waals surface area contributed by atoms with Crippen molar-refractivity contribution >= 4 is 17.2 Å². The predicted octanol–water partition coefficient (Wildman–Crippen LogP) is 2.74. The van der Waals surface area contributed by atoms with Crippen molar-refractivity contribution < 1.29 is 0 Å². The number of hydrazone groups is 1. The maximum atomic E-state index is 5.83. The average Bonchev–Trinajstić information content (AvgIpc) is 2.42. The Labute approximate surface area is 114 Å². The van der Waals surface area contributed by atoms with Crippen LogP contribution in [0.3, 0.4) is 0 Å². The highest BCUT2D eigenvalue weighted by atomic mass is 15.3. The molecule has 0 fully saturated rings. The van der Waals surface area contributed by atoms with Crippen molar-refractivity contribution in [3.63, 3.8) is 0 Å². The Morgan fingerprint density at radius 2 is 1.89 bits per heavy atom. The smallest absolute Gasteiger partial charge is 0.150 e. The minimum atomic E-state index is 0.367. The molecular weight excluding hydrogens is 236 g/mol. The first kappa shape index (κ1) is 14.6. The maximum absolute atomic E-state index is 5.83. The molecule has 3 N–H and O–H groups in total. The van der Waals surface area contributed by atoms with E-state index in [2.05, 4.69) is 23.7 Å². The molecule has 0 amide bonds. The standard InChI is InChI=1S/C15H20N4/c1-5-7-12(6-2)15(16)18-17-13-8-10-14(11-9-13)19(3)4/h5-11,17H,1-2H2,3-4H3,(H2,16,18)/b12-7-. The zero-order chi connectivity index (χ0) is 14.3. The second-order valence-corrected chi connectivity index (χ2v) is 4.11. The van der Waals surface area contributed by atoms with Gasteiger partial charge >= 0.3 is 0 Å². The first-order chi connectivity index (χ1) is 9.08. The van der Waals surface area contributed by atoms with Gasteiger partial charge in [-0.05, 0) is 24.3 Å². The third-order valence-electron chi connectivity index (χ3n) is 2.50. The average molecular weight is 256 g/mol. The zero-order valence-corrected chi connectivity index (χ0v) is 11.4. The van der Waals surface area contributed by atoms with Gasteiger partial charge in [0.1, 0.15) is 0 Å². The van der Waals surface area contributed by atoms with Crippen LogP contribution in [-0.2, 0) is 0 Å². The molecule has 0 aliphatic rings.